The molecule has 0 saturated heterocycles. The zero-order valence-electron chi connectivity index (χ0n) is 14.7. The molecule has 1 fully saturated rings. The average Bonchev–Trinajstić information content (AvgIpc) is 3.10. The Morgan fingerprint density at radius 2 is 2.04 bits per heavy atom. The summed E-state index contributed by atoms with van der Waals surface area (Å²) in [5.74, 6) is -0.883. The molecule has 1 aliphatic rings. The predicted molar refractivity (Wildman–Crippen MR) is 107 cm³/mol. The van der Waals surface area contributed by atoms with Crippen molar-refractivity contribution in [2.24, 2.45) is 5.73 Å². The van der Waals surface area contributed by atoms with Crippen LogP contribution in [0, 0.1) is 5.82 Å². The van der Waals surface area contributed by atoms with Gasteiger partial charge in [-0.05, 0) is 31.4 Å². The van der Waals surface area contributed by atoms with Crippen molar-refractivity contribution in [3.8, 4) is 0 Å². The van der Waals surface area contributed by atoms with Crippen molar-refractivity contribution in [1.82, 2.24) is 4.98 Å². The van der Waals surface area contributed by atoms with Gasteiger partial charge in [0.1, 0.15) is 10.7 Å². The maximum absolute atomic E-state index is 14.5. The van der Waals surface area contributed by atoms with E-state index in [1.165, 1.54) is 12.6 Å². The first kappa shape index (κ1) is 20.3. The number of nitrogens with zero attached hydrogens (tertiary/aromatic N) is 1. The molecule has 1 heterocycles. The summed E-state index contributed by atoms with van der Waals surface area (Å²) in [5, 5.41) is 4.98. The molecule has 1 aromatic heterocycles. The number of anilines is 2. The van der Waals surface area contributed by atoms with E-state index in [-0.39, 0.29) is 15.7 Å². The summed E-state index contributed by atoms with van der Waals surface area (Å²) in [6.07, 6.45) is 7.64. The Bertz CT molecular complexity index is 885. The highest BCUT2D eigenvalue weighted by atomic mass is 35.5. The number of benzene rings is 1. The smallest absolute Gasteiger partial charge is 0.266 e. The minimum absolute atomic E-state index is 0.130. The van der Waals surface area contributed by atoms with Crippen LogP contribution in [0.2, 0.25) is 5.02 Å². The van der Waals surface area contributed by atoms with Gasteiger partial charge >= 0.3 is 0 Å². The average molecular weight is 433 g/mol. The van der Waals surface area contributed by atoms with Crippen molar-refractivity contribution in [2.45, 2.75) is 49.0 Å². The number of hydrogen-bond acceptors (Lipinski definition) is 6. The Labute approximate surface area is 167 Å². The Morgan fingerprint density at radius 3 is 2.70 bits per heavy atom. The monoisotopic (exact) mass is 432 g/mol. The molecule has 0 aliphatic heterocycles. The van der Waals surface area contributed by atoms with Crippen LogP contribution in [-0.2, 0) is 10.0 Å². The predicted octanol–water partition coefficient (Wildman–Crippen LogP) is 4.20. The third kappa shape index (κ3) is 5.10. The largest absolute Gasteiger partial charge is 0.384 e. The second-order valence-corrected chi connectivity index (χ2v) is 9.76. The summed E-state index contributed by atoms with van der Waals surface area (Å²) in [4.78, 5) is 3.32. The Morgan fingerprint density at radius 1 is 1.30 bits per heavy atom. The van der Waals surface area contributed by atoms with Gasteiger partial charge in [0.25, 0.3) is 10.0 Å². The van der Waals surface area contributed by atoms with E-state index >= 15 is 0 Å². The number of thiazole rings is 1. The molecule has 6 nitrogen and oxygen atoms in total. The van der Waals surface area contributed by atoms with Crippen molar-refractivity contribution in [2.75, 3.05) is 16.6 Å². The van der Waals surface area contributed by atoms with Gasteiger partial charge in [-0.25, -0.2) is 17.8 Å². The van der Waals surface area contributed by atoms with Crippen molar-refractivity contribution in [3.05, 3.63) is 34.5 Å². The molecule has 3 rings (SSSR count). The highest BCUT2D eigenvalue weighted by Gasteiger charge is 2.27. The molecule has 0 bridgehead atoms. The maximum atomic E-state index is 14.5. The Balaban J connectivity index is 1.69. The SMILES string of the molecule is NC1(CCNc2cc(F)c(S(=O)(=O)Nc3nccs3)cc2Cl)CCCCC1. The molecular formula is C17H22ClFN4O2S2. The molecule has 0 atom stereocenters. The van der Waals surface area contributed by atoms with Crippen LogP contribution in [0.25, 0.3) is 0 Å². The molecule has 0 unspecified atom stereocenters. The first-order valence-corrected chi connectivity index (χ1v) is 11.5. The fraction of sp³-hybridized carbons (Fsp3) is 0.471. The van der Waals surface area contributed by atoms with Gasteiger partial charge in [0, 0.05) is 23.7 Å². The molecule has 4 N–H and O–H groups in total. The molecule has 148 valence electrons. The van der Waals surface area contributed by atoms with Crippen LogP contribution < -0.4 is 15.8 Å². The van der Waals surface area contributed by atoms with E-state index in [2.05, 4.69) is 15.0 Å². The normalized spacial score (nSPS) is 16.9. The number of nitrogens with two attached hydrogens (primary N) is 1. The second kappa shape index (κ2) is 8.30. The highest BCUT2D eigenvalue weighted by molar-refractivity contribution is 7.93. The highest BCUT2D eigenvalue weighted by Crippen LogP contribution is 2.31. The molecule has 1 aliphatic carbocycles. The number of nitrogens with one attached hydrogen (secondary N) is 2. The number of aromatic nitrogens is 1. The van der Waals surface area contributed by atoms with Gasteiger partial charge in [-0.1, -0.05) is 30.9 Å². The number of halogens is 2. The summed E-state index contributed by atoms with van der Waals surface area (Å²) in [6, 6.07) is 2.21. The molecule has 0 radical (unpaired) electrons. The molecule has 1 saturated carbocycles. The van der Waals surface area contributed by atoms with Gasteiger partial charge in [0.05, 0.1) is 10.7 Å². The third-order valence-electron chi connectivity index (χ3n) is 4.75. The minimum Gasteiger partial charge on any atom is -0.384 e. The van der Waals surface area contributed by atoms with E-state index in [0.29, 0.717) is 12.2 Å². The van der Waals surface area contributed by atoms with Crippen LogP contribution in [0.1, 0.15) is 38.5 Å². The van der Waals surface area contributed by atoms with E-state index in [0.717, 1.165) is 55.6 Å². The quantitative estimate of drug-likeness (QED) is 0.609. The van der Waals surface area contributed by atoms with Gasteiger partial charge in [0.2, 0.25) is 0 Å². The van der Waals surface area contributed by atoms with Gasteiger partial charge in [0.15, 0.2) is 5.13 Å². The van der Waals surface area contributed by atoms with Crippen LogP contribution in [0.5, 0.6) is 0 Å². The number of rotatable bonds is 7. The van der Waals surface area contributed by atoms with Crippen molar-refractivity contribution >= 4 is 43.8 Å². The lowest BCUT2D eigenvalue weighted by Crippen LogP contribution is -2.43. The first-order valence-electron chi connectivity index (χ1n) is 8.73. The lowest BCUT2D eigenvalue weighted by atomic mass is 9.80. The standard InChI is InChI=1S/C17H22ClFN4O2S2/c18-12-10-15(27(24,25)23-16-22-8-9-26-16)13(19)11-14(12)21-7-6-17(20)4-2-1-3-5-17/h8-11,21H,1-7,20H2,(H,22,23). The Kier molecular flexibility index (Phi) is 6.25. The fourth-order valence-corrected chi connectivity index (χ4v) is 5.44. The molecule has 2 aromatic rings. The first-order chi connectivity index (χ1) is 12.8. The third-order valence-corrected chi connectivity index (χ3v) is 7.24. The number of sulfonamides is 1. The fourth-order valence-electron chi connectivity index (χ4n) is 3.27. The van der Waals surface area contributed by atoms with Gasteiger partial charge in [-0.15, -0.1) is 11.3 Å². The van der Waals surface area contributed by atoms with E-state index in [4.69, 9.17) is 17.3 Å². The van der Waals surface area contributed by atoms with E-state index in [1.807, 2.05) is 0 Å². The minimum atomic E-state index is -4.11. The van der Waals surface area contributed by atoms with Gasteiger partial charge < -0.3 is 11.1 Å². The summed E-state index contributed by atoms with van der Waals surface area (Å²) >= 11 is 7.28. The molecular weight excluding hydrogens is 411 g/mol. The molecule has 0 amide bonds. The summed E-state index contributed by atoms with van der Waals surface area (Å²) in [6.45, 7) is 0.541. The summed E-state index contributed by atoms with van der Waals surface area (Å²) in [7, 11) is -4.11. The van der Waals surface area contributed by atoms with Crippen LogP contribution >= 0.6 is 22.9 Å². The van der Waals surface area contributed by atoms with Crippen LogP contribution in [-0.4, -0.2) is 25.5 Å². The zero-order chi connectivity index (χ0) is 19.5. The second-order valence-electron chi connectivity index (χ2n) is 6.81. The topological polar surface area (TPSA) is 97.1 Å². The lowest BCUT2D eigenvalue weighted by Gasteiger charge is -2.33. The van der Waals surface area contributed by atoms with Crippen LogP contribution in [0.15, 0.2) is 28.6 Å². The summed E-state index contributed by atoms with van der Waals surface area (Å²) < 4.78 is 41.4. The van der Waals surface area contributed by atoms with Crippen molar-refractivity contribution in [3.63, 3.8) is 0 Å². The maximum Gasteiger partial charge on any atom is 0.266 e. The van der Waals surface area contributed by atoms with E-state index in [9.17, 15) is 12.8 Å². The van der Waals surface area contributed by atoms with Crippen LogP contribution in [0.4, 0.5) is 15.2 Å². The molecule has 1 aromatic carbocycles. The molecule has 27 heavy (non-hydrogen) atoms. The number of hydrogen-bond donors (Lipinski definition) is 3. The van der Waals surface area contributed by atoms with Gasteiger partial charge in [-0.3, -0.25) is 4.72 Å². The lowest BCUT2D eigenvalue weighted by molar-refractivity contribution is 0.284. The van der Waals surface area contributed by atoms with Gasteiger partial charge in [-0.2, -0.15) is 0 Å². The van der Waals surface area contributed by atoms with E-state index < -0.39 is 20.7 Å². The molecule has 10 heteroatoms. The molecule has 0 spiro atoms. The van der Waals surface area contributed by atoms with Crippen molar-refractivity contribution < 1.29 is 12.8 Å². The zero-order valence-corrected chi connectivity index (χ0v) is 17.1. The van der Waals surface area contributed by atoms with Crippen LogP contribution in [0.3, 0.4) is 0 Å². The summed E-state index contributed by atoms with van der Waals surface area (Å²) in [5.41, 5.74) is 6.55. The van der Waals surface area contributed by atoms with Crippen molar-refractivity contribution in [1.29, 1.82) is 0 Å². The van der Waals surface area contributed by atoms with E-state index in [1.54, 1.807) is 5.38 Å². The Hall–Kier alpha value is -1.42.